The minimum atomic E-state index is -0.542. The van der Waals surface area contributed by atoms with Crippen LogP contribution in [0.1, 0.15) is 31.4 Å². The van der Waals surface area contributed by atoms with Crippen LogP contribution in [0.15, 0.2) is 61.1 Å². The molecule has 4 heterocycles. The Bertz CT molecular complexity index is 1440. The molecule has 8 heteroatoms. The highest BCUT2D eigenvalue weighted by atomic mass is 79.9. The summed E-state index contributed by atoms with van der Waals surface area (Å²) in [6, 6.07) is 11.5. The zero-order valence-electron chi connectivity index (χ0n) is 17.7. The lowest BCUT2D eigenvalue weighted by Gasteiger charge is -2.38. The molecule has 1 atom stereocenters. The maximum absolute atomic E-state index is 13.5. The lowest BCUT2D eigenvalue weighted by Crippen LogP contribution is -2.40. The van der Waals surface area contributed by atoms with Crippen molar-refractivity contribution < 1.29 is 9.15 Å². The van der Waals surface area contributed by atoms with Crippen molar-refractivity contribution in [3.8, 4) is 11.3 Å². The highest BCUT2D eigenvalue weighted by Crippen LogP contribution is 2.46. The average Bonchev–Trinajstić information content (AvgIpc) is 3.38. The topological polar surface area (TPSA) is 71.3 Å². The van der Waals surface area contributed by atoms with Crippen molar-refractivity contribution in [2.24, 2.45) is 14.1 Å². The van der Waals surface area contributed by atoms with E-state index in [0.29, 0.717) is 23.3 Å². The smallest absolute Gasteiger partial charge is 0.331 e. The molecule has 1 aromatic carbocycles. The number of nitrogens with zero attached hydrogens (tertiary/aromatic N) is 3. The predicted octanol–water partition coefficient (Wildman–Crippen LogP) is 3.92. The van der Waals surface area contributed by atoms with Crippen molar-refractivity contribution in [3.05, 3.63) is 79.4 Å². The van der Waals surface area contributed by atoms with Gasteiger partial charge in [0.15, 0.2) is 6.10 Å². The standard InChI is InChI=1S/C23H22BrN3O4/c1-23(2)12-31-20(15-10-7-11-30-15)19-18-16(21(28)26(4)22(29)25(18)3)17(27(19)23)13-8-5-6-9-14(13)24/h5-11,20H,12H2,1-4H3/t20-/m0/s1. The summed E-state index contributed by atoms with van der Waals surface area (Å²) in [5.74, 6) is 0.628. The molecule has 0 N–H and O–H groups in total. The Labute approximate surface area is 186 Å². The summed E-state index contributed by atoms with van der Waals surface area (Å²) in [6.45, 7) is 4.55. The van der Waals surface area contributed by atoms with Gasteiger partial charge in [0, 0.05) is 24.1 Å². The number of rotatable bonds is 2. The number of hydrogen-bond acceptors (Lipinski definition) is 4. The van der Waals surface area contributed by atoms with Crippen molar-refractivity contribution in [2.45, 2.75) is 25.5 Å². The fraction of sp³-hybridized carbons (Fsp3) is 0.304. The number of furan rings is 1. The SMILES string of the molecule is Cn1c(=O)c2c(-c3ccccc3Br)n3c(c2n(C)c1=O)[C@H](c1ccco1)OCC3(C)C. The molecule has 0 radical (unpaired) electrons. The van der Waals surface area contributed by atoms with E-state index in [9.17, 15) is 9.59 Å². The van der Waals surface area contributed by atoms with Gasteiger partial charge in [-0.05, 0) is 32.0 Å². The van der Waals surface area contributed by atoms with E-state index in [0.717, 1.165) is 26.0 Å². The first-order valence-corrected chi connectivity index (χ1v) is 10.8. The number of aromatic nitrogens is 3. The molecule has 1 aliphatic heterocycles. The van der Waals surface area contributed by atoms with Gasteiger partial charge in [-0.2, -0.15) is 0 Å². The van der Waals surface area contributed by atoms with Crippen molar-refractivity contribution in [2.75, 3.05) is 6.61 Å². The van der Waals surface area contributed by atoms with E-state index in [1.807, 2.05) is 30.3 Å². The van der Waals surface area contributed by atoms with Crippen molar-refractivity contribution in [1.82, 2.24) is 13.7 Å². The number of ether oxygens (including phenoxy) is 1. The highest BCUT2D eigenvalue weighted by Gasteiger charge is 2.41. The minimum Gasteiger partial charge on any atom is -0.466 e. The number of aryl methyl sites for hydroxylation is 1. The molecular formula is C23H22BrN3O4. The molecule has 31 heavy (non-hydrogen) atoms. The molecular weight excluding hydrogens is 462 g/mol. The summed E-state index contributed by atoms with van der Waals surface area (Å²) in [4.78, 5) is 26.4. The number of benzene rings is 1. The summed E-state index contributed by atoms with van der Waals surface area (Å²) >= 11 is 3.66. The Morgan fingerprint density at radius 1 is 1.06 bits per heavy atom. The minimum absolute atomic E-state index is 0.334. The van der Waals surface area contributed by atoms with Gasteiger partial charge >= 0.3 is 5.69 Å². The first kappa shape index (κ1) is 20.1. The molecule has 0 amide bonds. The monoisotopic (exact) mass is 483 g/mol. The Morgan fingerprint density at radius 2 is 1.81 bits per heavy atom. The lowest BCUT2D eigenvalue weighted by molar-refractivity contribution is -0.0164. The Balaban J connectivity index is 2.07. The Morgan fingerprint density at radius 3 is 2.48 bits per heavy atom. The van der Waals surface area contributed by atoms with Gasteiger partial charge in [0.25, 0.3) is 5.56 Å². The molecule has 160 valence electrons. The quantitative estimate of drug-likeness (QED) is 0.433. The molecule has 3 aromatic heterocycles. The Hall–Kier alpha value is -2.84. The van der Waals surface area contributed by atoms with Gasteiger partial charge in [-0.1, -0.05) is 34.1 Å². The molecule has 5 rings (SSSR count). The molecule has 0 spiro atoms. The van der Waals surface area contributed by atoms with Gasteiger partial charge < -0.3 is 13.7 Å². The lowest BCUT2D eigenvalue weighted by atomic mass is 10.0. The summed E-state index contributed by atoms with van der Waals surface area (Å²) in [6.07, 6.45) is 1.06. The van der Waals surface area contributed by atoms with Crippen LogP contribution in [0.4, 0.5) is 0 Å². The first-order chi connectivity index (χ1) is 14.7. The van der Waals surface area contributed by atoms with Crippen LogP contribution in [0.2, 0.25) is 0 Å². The third-order valence-corrected chi connectivity index (χ3v) is 6.69. The van der Waals surface area contributed by atoms with E-state index >= 15 is 0 Å². The maximum Gasteiger partial charge on any atom is 0.331 e. The molecule has 0 unspecified atom stereocenters. The van der Waals surface area contributed by atoms with Gasteiger partial charge in [-0.15, -0.1) is 0 Å². The number of halogens is 1. The summed E-state index contributed by atoms with van der Waals surface area (Å²) < 4.78 is 17.7. The summed E-state index contributed by atoms with van der Waals surface area (Å²) in [7, 11) is 3.20. The van der Waals surface area contributed by atoms with Gasteiger partial charge in [-0.25, -0.2) is 4.79 Å². The van der Waals surface area contributed by atoms with Crippen LogP contribution in [0.25, 0.3) is 22.2 Å². The first-order valence-electron chi connectivity index (χ1n) is 9.98. The Kier molecular flexibility index (Phi) is 4.43. The fourth-order valence-electron chi connectivity index (χ4n) is 4.56. The van der Waals surface area contributed by atoms with Crippen LogP contribution < -0.4 is 11.2 Å². The van der Waals surface area contributed by atoms with Gasteiger partial charge in [-0.3, -0.25) is 13.9 Å². The average molecular weight is 484 g/mol. The molecule has 4 aromatic rings. The van der Waals surface area contributed by atoms with E-state index in [-0.39, 0.29) is 11.2 Å². The second-order valence-electron chi connectivity index (χ2n) is 8.50. The van der Waals surface area contributed by atoms with Crippen molar-refractivity contribution in [1.29, 1.82) is 0 Å². The van der Waals surface area contributed by atoms with Crippen LogP contribution in [0, 0.1) is 0 Å². The third kappa shape index (κ3) is 2.74. The van der Waals surface area contributed by atoms with Gasteiger partial charge in [0.1, 0.15) is 5.76 Å². The van der Waals surface area contributed by atoms with Crippen molar-refractivity contribution >= 4 is 26.8 Å². The van der Waals surface area contributed by atoms with Crippen molar-refractivity contribution in [3.63, 3.8) is 0 Å². The van der Waals surface area contributed by atoms with Crippen LogP contribution >= 0.6 is 15.9 Å². The highest BCUT2D eigenvalue weighted by molar-refractivity contribution is 9.10. The van der Waals surface area contributed by atoms with E-state index in [1.54, 1.807) is 19.4 Å². The molecule has 0 saturated carbocycles. The van der Waals surface area contributed by atoms with Crippen LogP contribution in [-0.2, 0) is 24.4 Å². The predicted molar refractivity (Wildman–Crippen MR) is 121 cm³/mol. The van der Waals surface area contributed by atoms with Crippen LogP contribution in [0.5, 0.6) is 0 Å². The molecule has 0 fully saturated rings. The molecule has 0 saturated heterocycles. The maximum atomic E-state index is 13.5. The van der Waals surface area contributed by atoms with E-state index in [2.05, 4.69) is 34.3 Å². The zero-order valence-corrected chi connectivity index (χ0v) is 19.3. The third-order valence-electron chi connectivity index (χ3n) is 6.00. The molecule has 0 bridgehead atoms. The van der Waals surface area contributed by atoms with Crippen LogP contribution in [-0.4, -0.2) is 20.3 Å². The van der Waals surface area contributed by atoms with E-state index < -0.39 is 11.6 Å². The second-order valence-corrected chi connectivity index (χ2v) is 9.35. The van der Waals surface area contributed by atoms with E-state index in [4.69, 9.17) is 9.15 Å². The fourth-order valence-corrected chi connectivity index (χ4v) is 5.03. The van der Waals surface area contributed by atoms with Gasteiger partial charge in [0.05, 0.1) is 40.7 Å². The zero-order chi connectivity index (χ0) is 22.1. The summed E-state index contributed by atoms with van der Waals surface area (Å²) in [5.41, 5.74) is 1.76. The van der Waals surface area contributed by atoms with Crippen LogP contribution in [0.3, 0.4) is 0 Å². The summed E-state index contributed by atoms with van der Waals surface area (Å²) in [5, 5.41) is 0.488. The van der Waals surface area contributed by atoms with E-state index in [1.165, 1.54) is 11.6 Å². The second kappa shape index (κ2) is 6.83. The molecule has 1 aliphatic rings. The van der Waals surface area contributed by atoms with Gasteiger partial charge in [0.2, 0.25) is 0 Å². The molecule has 0 aliphatic carbocycles. The number of fused-ring (bicyclic) bond motifs is 3. The number of hydrogen-bond donors (Lipinski definition) is 0. The normalized spacial score (nSPS) is 17.8. The molecule has 7 nitrogen and oxygen atoms in total. The largest absolute Gasteiger partial charge is 0.466 e.